The van der Waals surface area contributed by atoms with Gasteiger partial charge < -0.3 is 20.1 Å². The molecule has 0 bridgehead atoms. The van der Waals surface area contributed by atoms with Crippen molar-refractivity contribution >= 4 is 5.69 Å². The third-order valence-electron chi connectivity index (χ3n) is 1.86. The van der Waals surface area contributed by atoms with Crippen molar-refractivity contribution in [2.75, 3.05) is 33.3 Å². The molecule has 0 saturated carbocycles. The Labute approximate surface area is 84.2 Å². The molecule has 0 aliphatic heterocycles. The Morgan fingerprint density at radius 3 is 2.57 bits per heavy atom. The smallest absolute Gasteiger partial charge is 0.145 e. The molecule has 0 aliphatic rings. The molecule has 0 amide bonds. The maximum Gasteiger partial charge on any atom is 0.145 e. The zero-order valence-electron chi connectivity index (χ0n) is 8.76. The first kappa shape index (κ1) is 10.7. The highest BCUT2D eigenvalue weighted by molar-refractivity contribution is 5.59. The van der Waals surface area contributed by atoms with Crippen LogP contribution in [0.3, 0.4) is 0 Å². The van der Waals surface area contributed by atoms with Crippen molar-refractivity contribution < 1.29 is 9.47 Å². The number of hydrogen-bond acceptors (Lipinski definition) is 4. The van der Waals surface area contributed by atoms with Gasteiger partial charge in [0.15, 0.2) is 0 Å². The Hall–Kier alpha value is -1.42. The summed E-state index contributed by atoms with van der Waals surface area (Å²) in [5, 5.41) is 6.17. The summed E-state index contributed by atoms with van der Waals surface area (Å²) in [6, 6.07) is 5.66. The quantitative estimate of drug-likeness (QED) is 0.696. The van der Waals surface area contributed by atoms with Crippen LogP contribution < -0.4 is 20.1 Å². The average molecular weight is 196 g/mol. The van der Waals surface area contributed by atoms with E-state index >= 15 is 0 Å². The summed E-state index contributed by atoms with van der Waals surface area (Å²) < 4.78 is 10.3. The normalized spacial score (nSPS) is 9.64. The number of methoxy groups -OCH3 is 2. The van der Waals surface area contributed by atoms with Gasteiger partial charge in [0.05, 0.1) is 26.6 Å². The summed E-state index contributed by atoms with van der Waals surface area (Å²) in [6.45, 7) is 0.697. The minimum absolute atomic E-state index is 0.697. The lowest BCUT2D eigenvalue weighted by Gasteiger charge is -2.11. The van der Waals surface area contributed by atoms with Crippen LogP contribution >= 0.6 is 0 Å². The van der Waals surface area contributed by atoms with E-state index in [0.29, 0.717) is 6.67 Å². The molecule has 0 heterocycles. The highest BCUT2D eigenvalue weighted by Gasteiger charge is 2.03. The van der Waals surface area contributed by atoms with E-state index in [1.165, 1.54) is 0 Å². The van der Waals surface area contributed by atoms with Crippen LogP contribution in [0.1, 0.15) is 0 Å². The van der Waals surface area contributed by atoms with Crippen LogP contribution in [0.2, 0.25) is 0 Å². The first-order valence-corrected chi connectivity index (χ1v) is 4.42. The van der Waals surface area contributed by atoms with Crippen molar-refractivity contribution in [3.8, 4) is 11.5 Å². The van der Waals surface area contributed by atoms with Crippen molar-refractivity contribution in [2.24, 2.45) is 0 Å². The second-order valence-corrected chi connectivity index (χ2v) is 2.77. The summed E-state index contributed by atoms with van der Waals surface area (Å²) in [5.41, 5.74) is 0.947. The molecule has 0 radical (unpaired) electrons. The maximum absolute atomic E-state index is 5.21. The number of benzene rings is 1. The van der Waals surface area contributed by atoms with E-state index in [0.717, 1.165) is 17.2 Å². The molecule has 0 saturated heterocycles. The van der Waals surface area contributed by atoms with Crippen LogP contribution in [-0.4, -0.2) is 27.9 Å². The lowest BCUT2D eigenvalue weighted by Crippen LogP contribution is -2.17. The molecule has 14 heavy (non-hydrogen) atoms. The summed E-state index contributed by atoms with van der Waals surface area (Å²) in [4.78, 5) is 0. The molecule has 0 unspecified atom stereocenters. The van der Waals surface area contributed by atoms with Crippen LogP contribution in [0.25, 0.3) is 0 Å². The number of nitrogens with one attached hydrogen (secondary N) is 2. The van der Waals surface area contributed by atoms with Crippen molar-refractivity contribution in [3.05, 3.63) is 18.2 Å². The molecule has 0 aliphatic carbocycles. The minimum Gasteiger partial charge on any atom is -0.497 e. The standard InChI is InChI=1S/C10H16N2O2/c1-11-7-12-9-5-4-8(13-2)6-10(9)14-3/h4-6,11-12H,7H2,1-3H3. The van der Waals surface area contributed by atoms with Gasteiger partial charge >= 0.3 is 0 Å². The van der Waals surface area contributed by atoms with E-state index in [4.69, 9.17) is 9.47 Å². The molecule has 1 rings (SSSR count). The van der Waals surface area contributed by atoms with Crippen LogP contribution in [0.4, 0.5) is 5.69 Å². The molecule has 0 spiro atoms. The molecular formula is C10H16N2O2. The van der Waals surface area contributed by atoms with Gasteiger partial charge in [-0.2, -0.15) is 0 Å². The van der Waals surface area contributed by atoms with E-state index in [1.54, 1.807) is 14.2 Å². The monoisotopic (exact) mass is 196 g/mol. The summed E-state index contributed by atoms with van der Waals surface area (Å²) >= 11 is 0. The van der Waals surface area contributed by atoms with Gasteiger partial charge in [-0.1, -0.05) is 0 Å². The lowest BCUT2D eigenvalue weighted by molar-refractivity contribution is 0.395. The molecule has 4 heteroatoms. The molecule has 0 atom stereocenters. The van der Waals surface area contributed by atoms with E-state index in [-0.39, 0.29) is 0 Å². The number of hydrogen-bond donors (Lipinski definition) is 2. The first-order chi connectivity index (χ1) is 6.81. The molecule has 1 aromatic carbocycles. The Kier molecular flexibility index (Phi) is 4.07. The molecule has 78 valence electrons. The maximum atomic E-state index is 5.21. The van der Waals surface area contributed by atoms with Crippen LogP contribution in [0.15, 0.2) is 18.2 Å². The molecular weight excluding hydrogens is 180 g/mol. The fourth-order valence-electron chi connectivity index (χ4n) is 1.13. The Bertz CT molecular complexity index is 289. The molecule has 4 nitrogen and oxygen atoms in total. The van der Waals surface area contributed by atoms with Gasteiger partial charge in [0, 0.05) is 6.07 Å². The number of anilines is 1. The van der Waals surface area contributed by atoms with E-state index in [2.05, 4.69) is 10.6 Å². The van der Waals surface area contributed by atoms with Crippen molar-refractivity contribution in [2.45, 2.75) is 0 Å². The van der Waals surface area contributed by atoms with Gasteiger partial charge in [-0.15, -0.1) is 0 Å². The zero-order valence-corrected chi connectivity index (χ0v) is 8.76. The largest absolute Gasteiger partial charge is 0.497 e. The van der Waals surface area contributed by atoms with Gasteiger partial charge in [-0.3, -0.25) is 0 Å². The minimum atomic E-state index is 0.697. The van der Waals surface area contributed by atoms with Crippen molar-refractivity contribution in [1.29, 1.82) is 0 Å². The molecule has 2 N–H and O–H groups in total. The average Bonchev–Trinajstić information content (AvgIpc) is 2.26. The van der Waals surface area contributed by atoms with Crippen LogP contribution in [0.5, 0.6) is 11.5 Å². The molecule has 0 fully saturated rings. The fourth-order valence-corrected chi connectivity index (χ4v) is 1.13. The zero-order chi connectivity index (χ0) is 10.4. The summed E-state index contributed by atoms with van der Waals surface area (Å²) in [7, 11) is 5.15. The summed E-state index contributed by atoms with van der Waals surface area (Å²) in [5.74, 6) is 1.57. The van der Waals surface area contributed by atoms with Crippen molar-refractivity contribution in [3.63, 3.8) is 0 Å². The lowest BCUT2D eigenvalue weighted by atomic mass is 10.2. The number of ether oxygens (including phenoxy) is 2. The molecule has 0 aromatic heterocycles. The van der Waals surface area contributed by atoms with Crippen molar-refractivity contribution in [1.82, 2.24) is 5.32 Å². The first-order valence-electron chi connectivity index (χ1n) is 4.42. The second kappa shape index (κ2) is 5.34. The van der Waals surface area contributed by atoms with E-state index < -0.39 is 0 Å². The van der Waals surface area contributed by atoms with Gasteiger partial charge in [0.2, 0.25) is 0 Å². The SMILES string of the molecule is CNCNc1ccc(OC)cc1OC. The molecule has 1 aromatic rings. The highest BCUT2D eigenvalue weighted by atomic mass is 16.5. The van der Waals surface area contributed by atoms with Crippen LogP contribution in [-0.2, 0) is 0 Å². The highest BCUT2D eigenvalue weighted by Crippen LogP contribution is 2.28. The third kappa shape index (κ3) is 2.53. The predicted octanol–water partition coefficient (Wildman–Crippen LogP) is 1.29. The van der Waals surface area contributed by atoms with E-state index in [1.807, 2.05) is 25.2 Å². The van der Waals surface area contributed by atoms with Crippen LogP contribution in [0, 0.1) is 0 Å². The van der Waals surface area contributed by atoms with Gasteiger partial charge in [0.25, 0.3) is 0 Å². The number of rotatable bonds is 5. The van der Waals surface area contributed by atoms with Gasteiger partial charge in [0.1, 0.15) is 11.5 Å². The topological polar surface area (TPSA) is 42.5 Å². The second-order valence-electron chi connectivity index (χ2n) is 2.77. The predicted molar refractivity (Wildman–Crippen MR) is 57.1 cm³/mol. The Balaban J connectivity index is 2.82. The fraction of sp³-hybridized carbons (Fsp3) is 0.400. The Morgan fingerprint density at radius 1 is 1.21 bits per heavy atom. The van der Waals surface area contributed by atoms with Gasteiger partial charge in [-0.05, 0) is 19.2 Å². The Morgan fingerprint density at radius 2 is 2.00 bits per heavy atom. The van der Waals surface area contributed by atoms with E-state index in [9.17, 15) is 0 Å². The summed E-state index contributed by atoms with van der Waals surface area (Å²) in [6.07, 6.45) is 0. The third-order valence-corrected chi connectivity index (χ3v) is 1.86. The van der Waals surface area contributed by atoms with Gasteiger partial charge in [-0.25, -0.2) is 0 Å².